The molecule has 0 amide bonds. The summed E-state index contributed by atoms with van der Waals surface area (Å²) < 4.78 is 13.0. The Morgan fingerprint density at radius 1 is 1.00 bits per heavy atom. The first-order chi connectivity index (χ1) is 11.8. The summed E-state index contributed by atoms with van der Waals surface area (Å²) in [6, 6.07) is 17.0. The Bertz CT molecular complexity index is 668. The standard InChI is InChI=1S/C19H23FN4.HI/c1-21-19(22-15-16-5-3-2-4-6-16)24-13-11-23(12-14-24)18-9-7-17(20)8-10-18;/h2-10H,11-15H2,1H3,(H,21,22);1H. The Kier molecular flexibility index (Phi) is 7.49. The summed E-state index contributed by atoms with van der Waals surface area (Å²) >= 11 is 0. The van der Waals surface area contributed by atoms with Gasteiger partial charge in [0.2, 0.25) is 0 Å². The summed E-state index contributed by atoms with van der Waals surface area (Å²) in [5, 5.41) is 3.43. The summed E-state index contributed by atoms with van der Waals surface area (Å²) in [6.07, 6.45) is 0. The van der Waals surface area contributed by atoms with Gasteiger partial charge < -0.3 is 15.1 Å². The van der Waals surface area contributed by atoms with Crippen molar-refractivity contribution in [3.05, 3.63) is 66.0 Å². The number of halogens is 2. The molecular weight excluding hydrogens is 430 g/mol. The fourth-order valence-corrected chi connectivity index (χ4v) is 2.94. The largest absolute Gasteiger partial charge is 0.368 e. The van der Waals surface area contributed by atoms with Gasteiger partial charge in [-0.1, -0.05) is 30.3 Å². The maximum absolute atomic E-state index is 13.0. The molecular formula is C19H24FIN4. The predicted octanol–water partition coefficient (Wildman–Crippen LogP) is 3.34. The number of nitrogens with zero attached hydrogens (tertiary/aromatic N) is 3. The second-order valence-corrected chi connectivity index (χ2v) is 5.84. The first kappa shape index (κ1) is 19.5. The molecule has 6 heteroatoms. The van der Waals surface area contributed by atoms with Gasteiger partial charge in [0.25, 0.3) is 0 Å². The Balaban J connectivity index is 0.00000225. The van der Waals surface area contributed by atoms with E-state index in [4.69, 9.17) is 0 Å². The molecule has 1 heterocycles. The topological polar surface area (TPSA) is 30.9 Å². The second-order valence-electron chi connectivity index (χ2n) is 5.84. The van der Waals surface area contributed by atoms with Crippen LogP contribution in [0.15, 0.2) is 59.6 Å². The van der Waals surface area contributed by atoms with Gasteiger partial charge in [-0.05, 0) is 29.8 Å². The molecule has 1 aliphatic rings. The van der Waals surface area contributed by atoms with Crippen LogP contribution >= 0.6 is 24.0 Å². The third kappa shape index (κ3) is 5.32. The molecule has 25 heavy (non-hydrogen) atoms. The highest BCUT2D eigenvalue weighted by Gasteiger charge is 2.19. The van der Waals surface area contributed by atoms with Gasteiger partial charge in [-0.2, -0.15) is 0 Å². The van der Waals surface area contributed by atoms with E-state index in [1.165, 1.54) is 17.7 Å². The molecule has 0 radical (unpaired) electrons. The minimum Gasteiger partial charge on any atom is -0.368 e. The number of benzene rings is 2. The third-order valence-corrected chi connectivity index (χ3v) is 4.28. The maximum Gasteiger partial charge on any atom is 0.194 e. The van der Waals surface area contributed by atoms with E-state index in [2.05, 4.69) is 32.2 Å². The van der Waals surface area contributed by atoms with Crippen LogP contribution in [-0.2, 0) is 6.54 Å². The number of rotatable bonds is 3. The molecule has 1 fully saturated rings. The Hall–Kier alpha value is -1.83. The van der Waals surface area contributed by atoms with Gasteiger partial charge in [0.05, 0.1) is 0 Å². The van der Waals surface area contributed by atoms with Gasteiger partial charge in [-0.3, -0.25) is 4.99 Å². The van der Waals surface area contributed by atoms with E-state index in [-0.39, 0.29) is 29.8 Å². The summed E-state index contributed by atoms with van der Waals surface area (Å²) in [7, 11) is 1.82. The van der Waals surface area contributed by atoms with Gasteiger partial charge in [0.15, 0.2) is 5.96 Å². The van der Waals surface area contributed by atoms with E-state index in [1.54, 1.807) is 0 Å². The zero-order valence-corrected chi connectivity index (χ0v) is 16.7. The maximum atomic E-state index is 13.0. The molecule has 4 nitrogen and oxygen atoms in total. The van der Waals surface area contributed by atoms with Crippen LogP contribution in [0.4, 0.5) is 10.1 Å². The van der Waals surface area contributed by atoms with Crippen molar-refractivity contribution in [2.75, 3.05) is 38.1 Å². The highest BCUT2D eigenvalue weighted by atomic mass is 127. The Morgan fingerprint density at radius 2 is 1.64 bits per heavy atom. The average Bonchev–Trinajstić information content (AvgIpc) is 2.64. The lowest BCUT2D eigenvalue weighted by molar-refractivity contribution is 0.372. The summed E-state index contributed by atoms with van der Waals surface area (Å²) in [5.41, 5.74) is 2.31. The normalized spacial score (nSPS) is 14.9. The number of aliphatic imine (C=N–C) groups is 1. The Morgan fingerprint density at radius 3 is 2.24 bits per heavy atom. The van der Waals surface area contributed by atoms with E-state index >= 15 is 0 Å². The molecule has 1 N–H and O–H groups in total. The molecule has 1 saturated heterocycles. The molecule has 3 rings (SSSR count). The molecule has 0 aromatic heterocycles. The number of hydrogen-bond donors (Lipinski definition) is 1. The molecule has 1 aliphatic heterocycles. The van der Waals surface area contributed by atoms with Crippen LogP contribution in [0.25, 0.3) is 0 Å². The third-order valence-electron chi connectivity index (χ3n) is 4.28. The van der Waals surface area contributed by atoms with Crippen molar-refractivity contribution in [1.29, 1.82) is 0 Å². The van der Waals surface area contributed by atoms with E-state index < -0.39 is 0 Å². The SMILES string of the molecule is CN=C(NCc1ccccc1)N1CCN(c2ccc(F)cc2)CC1.I. The number of anilines is 1. The fraction of sp³-hybridized carbons (Fsp3) is 0.316. The lowest BCUT2D eigenvalue weighted by Crippen LogP contribution is -2.52. The summed E-state index contributed by atoms with van der Waals surface area (Å²) in [4.78, 5) is 8.94. The second kappa shape index (κ2) is 9.60. The lowest BCUT2D eigenvalue weighted by atomic mass is 10.2. The van der Waals surface area contributed by atoms with E-state index in [9.17, 15) is 4.39 Å². The van der Waals surface area contributed by atoms with Crippen molar-refractivity contribution in [3.63, 3.8) is 0 Å². The number of hydrogen-bond acceptors (Lipinski definition) is 2. The fourth-order valence-electron chi connectivity index (χ4n) is 2.94. The van der Waals surface area contributed by atoms with Crippen LogP contribution in [0, 0.1) is 5.82 Å². The number of guanidine groups is 1. The molecule has 0 spiro atoms. The van der Waals surface area contributed by atoms with Gasteiger partial charge in [0.1, 0.15) is 5.82 Å². The van der Waals surface area contributed by atoms with Gasteiger partial charge in [-0.15, -0.1) is 24.0 Å². The molecule has 0 atom stereocenters. The molecule has 0 bridgehead atoms. The van der Waals surface area contributed by atoms with Crippen molar-refractivity contribution in [1.82, 2.24) is 10.2 Å². The Labute approximate surface area is 165 Å². The summed E-state index contributed by atoms with van der Waals surface area (Å²) in [5.74, 6) is 0.737. The molecule has 134 valence electrons. The van der Waals surface area contributed by atoms with Crippen LogP contribution in [0.2, 0.25) is 0 Å². The van der Waals surface area contributed by atoms with E-state index in [0.29, 0.717) is 0 Å². The molecule has 0 saturated carbocycles. The van der Waals surface area contributed by atoms with Gasteiger partial charge in [-0.25, -0.2) is 4.39 Å². The molecule has 2 aromatic rings. The molecule has 2 aromatic carbocycles. The van der Waals surface area contributed by atoms with Crippen LogP contribution in [0.3, 0.4) is 0 Å². The monoisotopic (exact) mass is 454 g/mol. The minimum absolute atomic E-state index is 0. The van der Waals surface area contributed by atoms with Crippen molar-refractivity contribution >= 4 is 35.6 Å². The minimum atomic E-state index is -0.192. The van der Waals surface area contributed by atoms with Crippen LogP contribution in [0.1, 0.15) is 5.56 Å². The van der Waals surface area contributed by atoms with E-state index in [0.717, 1.165) is 44.4 Å². The van der Waals surface area contributed by atoms with Crippen LogP contribution < -0.4 is 10.2 Å². The first-order valence-corrected chi connectivity index (χ1v) is 8.26. The van der Waals surface area contributed by atoms with E-state index in [1.807, 2.05) is 37.4 Å². The predicted molar refractivity (Wildman–Crippen MR) is 112 cm³/mol. The zero-order chi connectivity index (χ0) is 16.8. The smallest absolute Gasteiger partial charge is 0.194 e. The highest BCUT2D eigenvalue weighted by Crippen LogP contribution is 2.17. The zero-order valence-electron chi connectivity index (χ0n) is 14.4. The van der Waals surface area contributed by atoms with Gasteiger partial charge >= 0.3 is 0 Å². The van der Waals surface area contributed by atoms with Crippen molar-refractivity contribution in [2.24, 2.45) is 4.99 Å². The number of nitrogens with one attached hydrogen (secondary N) is 1. The van der Waals surface area contributed by atoms with Crippen molar-refractivity contribution in [3.8, 4) is 0 Å². The van der Waals surface area contributed by atoms with Crippen LogP contribution in [-0.4, -0.2) is 44.1 Å². The first-order valence-electron chi connectivity index (χ1n) is 8.26. The quantitative estimate of drug-likeness (QED) is 0.439. The lowest BCUT2D eigenvalue weighted by Gasteiger charge is -2.37. The van der Waals surface area contributed by atoms with Crippen molar-refractivity contribution < 1.29 is 4.39 Å². The highest BCUT2D eigenvalue weighted by molar-refractivity contribution is 14.0. The summed E-state index contributed by atoms with van der Waals surface area (Å²) in [6.45, 7) is 4.36. The van der Waals surface area contributed by atoms with Crippen molar-refractivity contribution in [2.45, 2.75) is 6.54 Å². The molecule has 0 aliphatic carbocycles. The van der Waals surface area contributed by atoms with Gasteiger partial charge in [0, 0.05) is 45.5 Å². The molecule has 0 unspecified atom stereocenters. The number of piperazine rings is 1. The van der Waals surface area contributed by atoms with Crippen LogP contribution in [0.5, 0.6) is 0 Å². The average molecular weight is 454 g/mol.